The summed E-state index contributed by atoms with van der Waals surface area (Å²) in [5.41, 5.74) is 0.674. The molecule has 0 bridgehead atoms. The Hall–Kier alpha value is -1.00. The number of aromatic nitrogens is 1. The lowest BCUT2D eigenvalue weighted by atomic mass is 9.83. The van der Waals surface area contributed by atoms with E-state index in [1.807, 2.05) is 6.07 Å². The fourth-order valence-electron chi connectivity index (χ4n) is 3.33. The first-order valence-corrected chi connectivity index (χ1v) is 7.71. The Morgan fingerprint density at radius 2 is 2.10 bits per heavy atom. The van der Waals surface area contributed by atoms with E-state index in [0.29, 0.717) is 0 Å². The van der Waals surface area contributed by atoms with Crippen LogP contribution >= 0.6 is 0 Å². The molecule has 1 aromatic rings. The Bertz CT molecular complexity index is 431. The van der Waals surface area contributed by atoms with E-state index >= 15 is 0 Å². The molecule has 2 unspecified atom stereocenters. The van der Waals surface area contributed by atoms with Crippen molar-refractivity contribution in [3.63, 3.8) is 0 Å². The summed E-state index contributed by atoms with van der Waals surface area (Å²) in [6, 6.07) is 1.81. The van der Waals surface area contributed by atoms with Crippen LogP contribution in [0.2, 0.25) is 0 Å². The second-order valence-corrected chi connectivity index (χ2v) is 5.79. The minimum atomic E-state index is -0.211. The number of pyridine rings is 1. The van der Waals surface area contributed by atoms with Crippen LogP contribution in [0.5, 0.6) is 0 Å². The van der Waals surface area contributed by atoms with Crippen LogP contribution in [0.15, 0.2) is 18.5 Å². The third-order valence-corrected chi connectivity index (χ3v) is 4.69. The highest BCUT2D eigenvalue weighted by Crippen LogP contribution is 2.37. The number of hydrogen-bond donors (Lipinski definition) is 1. The molecule has 3 nitrogen and oxygen atoms in total. The molecule has 4 heteroatoms. The summed E-state index contributed by atoms with van der Waals surface area (Å²) < 4.78 is 14.2. The first-order valence-electron chi connectivity index (χ1n) is 7.71. The standard InChI is InChI=1S/C16H26FN3/c1-4-16(3,20-10-6-7-11-20)15(19-5-2)13-8-9-18-12-14(13)17/h8-9,12,15,19H,4-7,10-11H2,1-3H3. The maximum atomic E-state index is 14.2. The zero-order chi connectivity index (χ0) is 14.6. The molecule has 1 fully saturated rings. The Kier molecular flexibility index (Phi) is 5.11. The van der Waals surface area contributed by atoms with Gasteiger partial charge in [-0.3, -0.25) is 9.88 Å². The second kappa shape index (κ2) is 6.64. The fourth-order valence-corrected chi connectivity index (χ4v) is 3.33. The molecule has 0 saturated carbocycles. The van der Waals surface area contributed by atoms with E-state index in [9.17, 15) is 4.39 Å². The molecule has 0 spiro atoms. The maximum absolute atomic E-state index is 14.2. The van der Waals surface area contributed by atoms with Crippen molar-refractivity contribution in [2.45, 2.75) is 51.6 Å². The lowest BCUT2D eigenvalue weighted by molar-refractivity contribution is 0.0830. The van der Waals surface area contributed by atoms with Gasteiger partial charge in [-0.25, -0.2) is 4.39 Å². The zero-order valence-electron chi connectivity index (χ0n) is 12.8. The van der Waals surface area contributed by atoms with E-state index in [-0.39, 0.29) is 17.4 Å². The van der Waals surface area contributed by atoms with E-state index in [1.165, 1.54) is 19.0 Å². The van der Waals surface area contributed by atoms with Gasteiger partial charge in [-0.2, -0.15) is 0 Å². The summed E-state index contributed by atoms with van der Waals surface area (Å²) in [5, 5.41) is 3.50. The zero-order valence-corrected chi connectivity index (χ0v) is 12.8. The Morgan fingerprint density at radius 1 is 1.40 bits per heavy atom. The predicted molar refractivity (Wildman–Crippen MR) is 80.1 cm³/mol. The summed E-state index contributed by atoms with van der Waals surface area (Å²) in [5.74, 6) is -0.211. The first-order chi connectivity index (χ1) is 9.63. The van der Waals surface area contributed by atoms with Gasteiger partial charge in [0, 0.05) is 17.3 Å². The third-order valence-electron chi connectivity index (χ3n) is 4.69. The van der Waals surface area contributed by atoms with Gasteiger partial charge in [-0.15, -0.1) is 0 Å². The molecule has 1 saturated heterocycles. The molecular weight excluding hydrogens is 253 g/mol. The van der Waals surface area contributed by atoms with Gasteiger partial charge in [0.15, 0.2) is 0 Å². The SMILES string of the molecule is CCNC(c1ccncc1F)C(C)(CC)N1CCCC1. The van der Waals surface area contributed by atoms with Crippen LogP contribution < -0.4 is 5.32 Å². The minimum absolute atomic E-state index is 0.00130. The largest absolute Gasteiger partial charge is 0.309 e. The molecule has 0 amide bonds. The summed E-state index contributed by atoms with van der Waals surface area (Å²) in [4.78, 5) is 6.39. The van der Waals surface area contributed by atoms with Gasteiger partial charge in [-0.1, -0.05) is 13.8 Å². The van der Waals surface area contributed by atoms with Gasteiger partial charge in [0.25, 0.3) is 0 Å². The van der Waals surface area contributed by atoms with Crippen LogP contribution in [0, 0.1) is 5.82 Å². The molecule has 2 rings (SSSR count). The van der Waals surface area contributed by atoms with Gasteiger partial charge in [0.05, 0.1) is 12.2 Å². The van der Waals surface area contributed by atoms with Crippen molar-refractivity contribution in [3.8, 4) is 0 Å². The number of halogens is 1. The highest BCUT2D eigenvalue weighted by molar-refractivity contribution is 5.22. The molecule has 1 N–H and O–H groups in total. The summed E-state index contributed by atoms with van der Waals surface area (Å²) in [6.45, 7) is 9.58. The van der Waals surface area contributed by atoms with Crippen molar-refractivity contribution >= 4 is 0 Å². The normalized spacial score (nSPS) is 20.8. The van der Waals surface area contributed by atoms with Gasteiger partial charge in [-0.05, 0) is 51.9 Å². The van der Waals surface area contributed by atoms with Crippen LogP contribution in [0.3, 0.4) is 0 Å². The van der Waals surface area contributed by atoms with Crippen LogP contribution in [-0.2, 0) is 0 Å². The average molecular weight is 279 g/mol. The van der Waals surface area contributed by atoms with E-state index in [0.717, 1.165) is 31.6 Å². The third kappa shape index (κ3) is 2.86. The maximum Gasteiger partial charge on any atom is 0.146 e. The molecule has 2 atom stereocenters. The van der Waals surface area contributed by atoms with Gasteiger partial charge in [0.1, 0.15) is 5.82 Å². The smallest absolute Gasteiger partial charge is 0.146 e. The van der Waals surface area contributed by atoms with Crippen LogP contribution in [0.4, 0.5) is 4.39 Å². The van der Waals surface area contributed by atoms with Crippen LogP contribution in [0.25, 0.3) is 0 Å². The number of hydrogen-bond acceptors (Lipinski definition) is 3. The molecule has 0 aliphatic carbocycles. The number of nitrogens with zero attached hydrogens (tertiary/aromatic N) is 2. The van der Waals surface area contributed by atoms with Crippen molar-refractivity contribution in [1.29, 1.82) is 0 Å². The number of nitrogens with one attached hydrogen (secondary N) is 1. The van der Waals surface area contributed by atoms with Crippen LogP contribution in [0.1, 0.15) is 51.6 Å². The number of likely N-dealkylation sites (N-methyl/N-ethyl adjacent to an activating group) is 1. The molecule has 0 radical (unpaired) electrons. The number of likely N-dealkylation sites (tertiary alicyclic amines) is 1. The topological polar surface area (TPSA) is 28.2 Å². The molecule has 1 aliphatic heterocycles. The Morgan fingerprint density at radius 3 is 2.65 bits per heavy atom. The predicted octanol–water partition coefficient (Wildman–Crippen LogP) is 3.14. The van der Waals surface area contributed by atoms with Crippen molar-refractivity contribution in [2.75, 3.05) is 19.6 Å². The summed E-state index contributed by atoms with van der Waals surface area (Å²) in [7, 11) is 0. The lowest BCUT2D eigenvalue weighted by Crippen LogP contribution is -2.53. The molecule has 1 aliphatic rings. The summed E-state index contributed by atoms with van der Waals surface area (Å²) >= 11 is 0. The number of rotatable bonds is 6. The molecule has 1 aromatic heterocycles. The van der Waals surface area contributed by atoms with Gasteiger partial charge < -0.3 is 5.32 Å². The Balaban J connectivity index is 2.37. The minimum Gasteiger partial charge on any atom is -0.309 e. The van der Waals surface area contributed by atoms with Gasteiger partial charge >= 0.3 is 0 Å². The molecular formula is C16H26FN3. The van der Waals surface area contributed by atoms with Crippen molar-refractivity contribution < 1.29 is 4.39 Å². The molecule has 20 heavy (non-hydrogen) atoms. The van der Waals surface area contributed by atoms with Crippen molar-refractivity contribution in [3.05, 3.63) is 29.8 Å². The summed E-state index contributed by atoms with van der Waals surface area (Å²) in [6.07, 6.45) is 6.48. The highest BCUT2D eigenvalue weighted by Gasteiger charge is 2.40. The molecule has 0 aromatic carbocycles. The van der Waals surface area contributed by atoms with E-state index in [1.54, 1.807) is 6.20 Å². The highest BCUT2D eigenvalue weighted by atomic mass is 19.1. The average Bonchev–Trinajstić information content (AvgIpc) is 3.00. The van der Waals surface area contributed by atoms with E-state index < -0.39 is 0 Å². The quantitative estimate of drug-likeness (QED) is 0.867. The molecule has 112 valence electrons. The fraction of sp³-hybridized carbons (Fsp3) is 0.688. The Labute approximate surface area is 121 Å². The lowest BCUT2D eigenvalue weighted by Gasteiger charge is -2.45. The van der Waals surface area contributed by atoms with Crippen molar-refractivity contribution in [2.24, 2.45) is 0 Å². The first kappa shape index (κ1) is 15.4. The van der Waals surface area contributed by atoms with E-state index in [4.69, 9.17) is 0 Å². The monoisotopic (exact) mass is 279 g/mol. The van der Waals surface area contributed by atoms with Gasteiger partial charge in [0.2, 0.25) is 0 Å². The van der Waals surface area contributed by atoms with E-state index in [2.05, 4.69) is 36.0 Å². The van der Waals surface area contributed by atoms with Crippen LogP contribution in [-0.4, -0.2) is 35.1 Å². The second-order valence-electron chi connectivity index (χ2n) is 5.79. The van der Waals surface area contributed by atoms with Crippen molar-refractivity contribution in [1.82, 2.24) is 15.2 Å². The molecule has 2 heterocycles.